The van der Waals surface area contributed by atoms with Crippen LogP contribution in [-0.2, 0) is 11.3 Å². The summed E-state index contributed by atoms with van der Waals surface area (Å²) in [5, 5.41) is 3.07. The molecule has 1 amide bonds. The lowest BCUT2D eigenvalue weighted by Gasteiger charge is -2.14. The minimum absolute atomic E-state index is 0.112. The van der Waals surface area contributed by atoms with Crippen LogP contribution in [0.5, 0.6) is 0 Å². The lowest BCUT2D eigenvalue weighted by molar-refractivity contribution is -0.116. The number of anilines is 1. The summed E-state index contributed by atoms with van der Waals surface area (Å²) in [6.07, 6.45) is 1.35. The summed E-state index contributed by atoms with van der Waals surface area (Å²) in [7, 11) is 0. The van der Waals surface area contributed by atoms with Crippen molar-refractivity contribution in [3.05, 3.63) is 105 Å². The molecule has 2 aromatic heterocycles. The maximum atomic E-state index is 13.3. The average molecular weight is 458 g/mol. The standard InChI is InChI=1S/C27H24FN3O3/c1-16(2)18-7-11-21(12-8-18)30-24(32)15-31-14-23(25(33)19-5-9-20(28)10-6-19)26(34)22-13-4-17(3)29-27(22)31/h4-14,16H,15H2,1-3H3,(H,30,32). The van der Waals surface area contributed by atoms with Gasteiger partial charge in [0.1, 0.15) is 18.0 Å². The summed E-state index contributed by atoms with van der Waals surface area (Å²) >= 11 is 0. The van der Waals surface area contributed by atoms with Crippen LogP contribution in [0.3, 0.4) is 0 Å². The van der Waals surface area contributed by atoms with Crippen LogP contribution in [-0.4, -0.2) is 21.2 Å². The minimum Gasteiger partial charge on any atom is -0.325 e. The van der Waals surface area contributed by atoms with Gasteiger partial charge in [-0.2, -0.15) is 0 Å². The Labute approximate surface area is 196 Å². The maximum Gasteiger partial charge on any atom is 0.244 e. The van der Waals surface area contributed by atoms with E-state index >= 15 is 0 Å². The first-order valence-corrected chi connectivity index (χ1v) is 10.9. The number of carbonyl (C=O) groups excluding carboxylic acids is 2. The summed E-state index contributed by atoms with van der Waals surface area (Å²) in [5.41, 5.74) is 2.37. The second kappa shape index (κ2) is 9.39. The van der Waals surface area contributed by atoms with Gasteiger partial charge in [-0.05, 0) is 66.9 Å². The fourth-order valence-electron chi connectivity index (χ4n) is 3.71. The third-order valence-electron chi connectivity index (χ3n) is 5.59. The van der Waals surface area contributed by atoms with Crippen LogP contribution in [0, 0.1) is 12.7 Å². The van der Waals surface area contributed by atoms with Crippen molar-refractivity contribution in [2.45, 2.75) is 33.2 Å². The molecule has 0 aliphatic carbocycles. The van der Waals surface area contributed by atoms with Crippen molar-refractivity contribution in [2.75, 3.05) is 5.32 Å². The van der Waals surface area contributed by atoms with Crippen molar-refractivity contribution in [1.29, 1.82) is 0 Å². The number of fused-ring (bicyclic) bond motifs is 1. The van der Waals surface area contributed by atoms with Gasteiger partial charge in [-0.3, -0.25) is 14.4 Å². The number of ketones is 1. The molecular weight excluding hydrogens is 433 g/mol. The minimum atomic E-state index is -0.550. The van der Waals surface area contributed by atoms with E-state index in [-0.39, 0.29) is 29.0 Å². The van der Waals surface area contributed by atoms with E-state index in [1.54, 1.807) is 19.1 Å². The number of aryl methyl sites for hydroxylation is 1. The van der Waals surface area contributed by atoms with Gasteiger partial charge in [0.2, 0.25) is 11.3 Å². The predicted octanol–water partition coefficient (Wildman–Crippen LogP) is 4.84. The molecule has 0 saturated heterocycles. The Hall–Kier alpha value is -4.13. The third-order valence-corrected chi connectivity index (χ3v) is 5.59. The van der Waals surface area contributed by atoms with Crippen LogP contribution in [0.2, 0.25) is 0 Å². The zero-order valence-corrected chi connectivity index (χ0v) is 19.1. The number of hydrogen-bond donors (Lipinski definition) is 1. The number of benzene rings is 2. The first kappa shape index (κ1) is 23.0. The van der Waals surface area contributed by atoms with E-state index in [2.05, 4.69) is 24.1 Å². The Bertz CT molecular complexity index is 1440. The van der Waals surface area contributed by atoms with Crippen molar-refractivity contribution < 1.29 is 14.0 Å². The molecule has 4 rings (SSSR count). The van der Waals surface area contributed by atoms with E-state index in [0.29, 0.717) is 22.9 Å². The Balaban J connectivity index is 1.70. The lowest BCUT2D eigenvalue weighted by atomic mass is 10.0. The first-order valence-electron chi connectivity index (χ1n) is 10.9. The van der Waals surface area contributed by atoms with Crippen LogP contribution >= 0.6 is 0 Å². The molecular formula is C27H24FN3O3. The molecule has 0 atom stereocenters. The van der Waals surface area contributed by atoms with Gasteiger partial charge in [-0.1, -0.05) is 26.0 Å². The van der Waals surface area contributed by atoms with Crippen LogP contribution in [0.15, 0.2) is 71.7 Å². The second-order valence-corrected chi connectivity index (χ2v) is 8.48. The van der Waals surface area contributed by atoms with Gasteiger partial charge in [0, 0.05) is 23.1 Å². The molecule has 0 unspecified atom stereocenters. The van der Waals surface area contributed by atoms with Crippen LogP contribution in [0.1, 0.15) is 46.9 Å². The highest BCUT2D eigenvalue weighted by molar-refractivity contribution is 6.10. The Morgan fingerprint density at radius 1 is 1.00 bits per heavy atom. The van der Waals surface area contributed by atoms with Crippen molar-refractivity contribution in [1.82, 2.24) is 9.55 Å². The first-order chi connectivity index (χ1) is 16.2. The largest absolute Gasteiger partial charge is 0.325 e. The summed E-state index contributed by atoms with van der Waals surface area (Å²) < 4.78 is 14.8. The molecule has 0 spiro atoms. The van der Waals surface area contributed by atoms with Gasteiger partial charge in [0.15, 0.2) is 5.78 Å². The van der Waals surface area contributed by atoms with Crippen molar-refractivity contribution in [3.63, 3.8) is 0 Å². The molecule has 0 saturated carbocycles. The highest BCUT2D eigenvalue weighted by atomic mass is 19.1. The second-order valence-electron chi connectivity index (χ2n) is 8.48. The molecule has 0 aliphatic heterocycles. The lowest BCUT2D eigenvalue weighted by Crippen LogP contribution is -2.25. The molecule has 6 nitrogen and oxygen atoms in total. The summed E-state index contributed by atoms with van der Waals surface area (Å²) in [5.74, 6) is -0.981. The highest BCUT2D eigenvalue weighted by Gasteiger charge is 2.19. The van der Waals surface area contributed by atoms with Gasteiger partial charge in [-0.15, -0.1) is 0 Å². The number of hydrogen-bond acceptors (Lipinski definition) is 4. The SMILES string of the molecule is Cc1ccc2c(=O)c(C(=O)c3ccc(F)cc3)cn(CC(=O)Nc3ccc(C(C)C)cc3)c2n1. The van der Waals surface area contributed by atoms with Crippen LogP contribution in [0.4, 0.5) is 10.1 Å². The maximum absolute atomic E-state index is 13.3. The predicted molar refractivity (Wildman–Crippen MR) is 130 cm³/mol. The Morgan fingerprint density at radius 2 is 1.68 bits per heavy atom. The molecule has 2 heterocycles. The molecule has 172 valence electrons. The van der Waals surface area contributed by atoms with Gasteiger partial charge >= 0.3 is 0 Å². The number of carbonyl (C=O) groups is 2. The number of halogens is 1. The van der Waals surface area contributed by atoms with Crippen molar-refractivity contribution >= 4 is 28.4 Å². The van der Waals surface area contributed by atoms with E-state index in [1.165, 1.54) is 22.9 Å². The van der Waals surface area contributed by atoms with Gasteiger partial charge in [0.25, 0.3) is 0 Å². The van der Waals surface area contributed by atoms with E-state index < -0.39 is 17.0 Å². The molecule has 0 fully saturated rings. The van der Waals surface area contributed by atoms with Gasteiger partial charge in [-0.25, -0.2) is 9.37 Å². The van der Waals surface area contributed by atoms with E-state index in [1.807, 2.05) is 24.3 Å². The van der Waals surface area contributed by atoms with E-state index in [0.717, 1.165) is 17.7 Å². The molecule has 0 aliphatic rings. The summed E-state index contributed by atoms with van der Waals surface area (Å²) in [6.45, 7) is 5.81. The molecule has 34 heavy (non-hydrogen) atoms. The normalized spacial score (nSPS) is 11.1. The smallest absolute Gasteiger partial charge is 0.244 e. The fourth-order valence-corrected chi connectivity index (χ4v) is 3.71. The molecule has 1 N–H and O–H groups in total. The average Bonchev–Trinajstić information content (AvgIpc) is 2.81. The zero-order chi connectivity index (χ0) is 24.4. The molecule has 0 bridgehead atoms. The highest BCUT2D eigenvalue weighted by Crippen LogP contribution is 2.18. The quantitative estimate of drug-likeness (QED) is 0.420. The Morgan fingerprint density at radius 3 is 2.32 bits per heavy atom. The van der Waals surface area contributed by atoms with E-state index in [9.17, 15) is 18.8 Å². The molecule has 0 radical (unpaired) electrons. The third kappa shape index (κ3) is 4.78. The number of pyridine rings is 2. The number of nitrogens with one attached hydrogen (secondary N) is 1. The van der Waals surface area contributed by atoms with Gasteiger partial charge < -0.3 is 9.88 Å². The number of aromatic nitrogens is 2. The van der Waals surface area contributed by atoms with Gasteiger partial charge in [0.05, 0.1) is 10.9 Å². The fraction of sp³-hybridized carbons (Fsp3) is 0.185. The van der Waals surface area contributed by atoms with Crippen LogP contribution < -0.4 is 10.7 Å². The summed E-state index contributed by atoms with van der Waals surface area (Å²) in [4.78, 5) is 43.4. The summed E-state index contributed by atoms with van der Waals surface area (Å²) in [6, 6.07) is 15.8. The topological polar surface area (TPSA) is 81.1 Å². The molecule has 7 heteroatoms. The van der Waals surface area contributed by atoms with Crippen LogP contribution in [0.25, 0.3) is 11.0 Å². The zero-order valence-electron chi connectivity index (χ0n) is 19.1. The molecule has 2 aromatic carbocycles. The number of rotatable bonds is 6. The van der Waals surface area contributed by atoms with Crippen molar-refractivity contribution in [3.8, 4) is 0 Å². The van der Waals surface area contributed by atoms with E-state index in [4.69, 9.17) is 0 Å². The Kier molecular flexibility index (Phi) is 6.36. The number of nitrogens with zero attached hydrogens (tertiary/aromatic N) is 2. The monoisotopic (exact) mass is 457 g/mol. The van der Waals surface area contributed by atoms with Crippen molar-refractivity contribution in [2.24, 2.45) is 0 Å². The number of amides is 1. The molecule has 4 aromatic rings.